The highest BCUT2D eigenvalue weighted by atomic mass is 32.2. The van der Waals surface area contributed by atoms with Gasteiger partial charge in [-0.3, -0.25) is 9.80 Å². The van der Waals surface area contributed by atoms with Gasteiger partial charge in [0.05, 0.1) is 37.1 Å². The first-order valence-corrected chi connectivity index (χ1v) is 16.9. The van der Waals surface area contributed by atoms with E-state index in [9.17, 15) is 14.8 Å². The van der Waals surface area contributed by atoms with E-state index in [1.165, 1.54) is 16.8 Å². The minimum absolute atomic E-state index is 0.0668. The lowest BCUT2D eigenvalue weighted by molar-refractivity contribution is -0.206. The Balaban J connectivity index is 1.63. The lowest BCUT2D eigenvalue weighted by Gasteiger charge is -2.39. The Morgan fingerprint density at radius 2 is 1.95 bits per heavy atom. The molecule has 3 aliphatic rings. The van der Waals surface area contributed by atoms with Gasteiger partial charge >= 0.3 is 6.09 Å². The molecule has 1 saturated carbocycles. The number of rotatable bonds is 10. The molecule has 2 saturated heterocycles. The first-order chi connectivity index (χ1) is 20.9. The second-order valence-corrected chi connectivity index (χ2v) is 13.7. The van der Waals surface area contributed by atoms with Gasteiger partial charge in [0.2, 0.25) is 0 Å². The molecule has 4 atom stereocenters. The number of ether oxygens (including phenoxy) is 3. The lowest BCUT2D eigenvalue weighted by atomic mass is 9.73. The Bertz CT molecular complexity index is 1220. The van der Waals surface area contributed by atoms with Crippen molar-refractivity contribution in [1.29, 1.82) is 0 Å². The molecule has 0 bridgehead atoms. The Kier molecular flexibility index (Phi) is 11.0. The molecule has 0 aromatic carbocycles. The normalized spacial score (nSPS) is 24.9. The molecule has 0 spiro atoms. The summed E-state index contributed by atoms with van der Waals surface area (Å²) in [6, 6.07) is -0.641. The van der Waals surface area contributed by atoms with Gasteiger partial charge in [0.1, 0.15) is 22.0 Å². The van der Waals surface area contributed by atoms with Crippen LogP contribution < -0.4 is 16.6 Å². The molecule has 4 unspecified atom stereocenters. The number of hydrogen-bond donors (Lipinski definition) is 3. The van der Waals surface area contributed by atoms with E-state index < -0.39 is 35.4 Å². The Hall–Kier alpha value is -2.68. The van der Waals surface area contributed by atoms with Gasteiger partial charge in [0.15, 0.2) is 23.2 Å². The number of nitrogen functional groups attached to an aromatic ring is 1. The first-order valence-electron chi connectivity index (χ1n) is 15.7. The first kappa shape index (κ1) is 34.2. The smallest absolute Gasteiger partial charge is 0.410 e. The second kappa shape index (κ2) is 14.2. The number of carbonyl (C=O) groups is 2. The van der Waals surface area contributed by atoms with Gasteiger partial charge in [-0.05, 0) is 66.1 Å². The van der Waals surface area contributed by atoms with E-state index in [1.54, 1.807) is 4.90 Å². The van der Waals surface area contributed by atoms with Gasteiger partial charge in [-0.15, -0.1) is 11.8 Å². The summed E-state index contributed by atoms with van der Waals surface area (Å²) < 4.78 is 17.8. The molecule has 13 nitrogen and oxygen atoms in total. The number of unbranched alkanes of at least 4 members (excludes halogenated alkanes) is 1. The van der Waals surface area contributed by atoms with E-state index in [4.69, 9.17) is 25.8 Å². The summed E-state index contributed by atoms with van der Waals surface area (Å²) in [7, 11) is 0. The van der Waals surface area contributed by atoms with E-state index in [2.05, 4.69) is 22.0 Å². The van der Waals surface area contributed by atoms with Crippen LogP contribution in [0.15, 0.2) is 10.2 Å². The molecule has 44 heavy (non-hydrogen) atoms. The van der Waals surface area contributed by atoms with Crippen LogP contribution in [-0.2, 0) is 19.0 Å². The summed E-state index contributed by atoms with van der Waals surface area (Å²) in [5.74, 6) is 4.68. The number of amides is 1. The van der Waals surface area contributed by atoms with E-state index in [0.29, 0.717) is 44.0 Å². The van der Waals surface area contributed by atoms with Crippen LogP contribution >= 0.6 is 11.8 Å². The fraction of sp³-hybridized carbons (Fsp3) is 0.767. The number of thioether (sulfide) groups is 1. The molecular weight excluding hydrogens is 586 g/mol. The Labute approximate surface area is 264 Å². The van der Waals surface area contributed by atoms with Gasteiger partial charge < -0.3 is 30.1 Å². The van der Waals surface area contributed by atoms with Crippen LogP contribution in [0.2, 0.25) is 0 Å². The van der Waals surface area contributed by atoms with Crippen LogP contribution in [0.5, 0.6) is 0 Å². The Morgan fingerprint density at radius 1 is 1.25 bits per heavy atom. The zero-order valence-corrected chi connectivity index (χ0v) is 27.7. The van der Waals surface area contributed by atoms with E-state index >= 15 is 0 Å². The standard InChI is InChI=1S/C30H49N7O6S/c1-7-8-14-30(41-16-17-42-30)20-12-9-11-19(24(20)38)23(35-40)25-33-26(22(31)27(34-25)44-6)37(32)18(2)21-13-10-15-36(21)28(39)43-29(3,4)5/h18-21,40H,7-17,31-32H2,1-6H3/b35-23-. The van der Waals surface area contributed by atoms with Crippen molar-refractivity contribution in [3.63, 3.8) is 0 Å². The van der Waals surface area contributed by atoms with E-state index in [-0.39, 0.29) is 34.9 Å². The summed E-state index contributed by atoms with van der Waals surface area (Å²) >= 11 is 1.30. The molecule has 1 aromatic heterocycles. The van der Waals surface area contributed by atoms with Crippen LogP contribution in [0, 0.1) is 11.8 Å². The average molecular weight is 636 g/mol. The molecule has 1 aromatic rings. The maximum atomic E-state index is 14.1. The molecule has 0 radical (unpaired) electrons. The van der Waals surface area contributed by atoms with Gasteiger partial charge in [-0.25, -0.2) is 20.6 Å². The molecule has 3 heterocycles. The van der Waals surface area contributed by atoms with Crippen molar-refractivity contribution in [2.75, 3.05) is 36.8 Å². The van der Waals surface area contributed by atoms with Gasteiger partial charge in [-0.2, -0.15) is 0 Å². The van der Waals surface area contributed by atoms with Gasteiger partial charge in [0.25, 0.3) is 0 Å². The largest absolute Gasteiger partial charge is 0.444 e. The third-order valence-electron chi connectivity index (χ3n) is 8.78. The number of likely N-dealkylation sites (tertiary alicyclic amines) is 1. The third kappa shape index (κ3) is 7.08. The quantitative estimate of drug-likeness (QED) is 0.0828. The number of aromatic nitrogens is 2. The maximum Gasteiger partial charge on any atom is 0.410 e. The van der Waals surface area contributed by atoms with Gasteiger partial charge in [0, 0.05) is 13.0 Å². The lowest BCUT2D eigenvalue weighted by Crippen LogP contribution is -2.53. The summed E-state index contributed by atoms with van der Waals surface area (Å²) in [5.41, 5.74) is 6.22. The molecule has 14 heteroatoms. The van der Waals surface area contributed by atoms with Crippen LogP contribution in [0.3, 0.4) is 0 Å². The highest BCUT2D eigenvalue weighted by Crippen LogP contribution is 2.42. The van der Waals surface area contributed by atoms with Crippen LogP contribution in [0.25, 0.3) is 0 Å². The number of Topliss-reactive ketones (excluding diaryl/α,β-unsaturated/α-hetero) is 1. The molecule has 5 N–H and O–H groups in total. The number of nitrogens with zero attached hydrogens (tertiary/aromatic N) is 5. The molecule has 1 aliphatic carbocycles. The van der Waals surface area contributed by atoms with Gasteiger partial charge in [-0.1, -0.05) is 24.9 Å². The molecule has 246 valence electrons. The van der Waals surface area contributed by atoms with Crippen molar-refractivity contribution in [3.05, 3.63) is 5.82 Å². The molecule has 3 fully saturated rings. The minimum atomic E-state index is -0.964. The predicted octanol–water partition coefficient (Wildman–Crippen LogP) is 4.35. The van der Waals surface area contributed by atoms with Crippen LogP contribution in [0.4, 0.5) is 16.3 Å². The fourth-order valence-corrected chi connectivity index (χ4v) is 7.06. The monoisotopic (exact) mass is 635 g/mol. The van der Waals surface area contributed by atoms with Crippen molar-refractivity contribution >= 4 is 40.9 Å². The summed E-state index contributed by atoms with van der Waals surface area (Å²) in [5, 5.41) is 15.8. The number of carbonyl (C=O) groups excluding carboxylic acids is 2. The van der Waals surface area contributed by atoms with Crippen LogP contribution in [0.1, 0.15) is 91.8 Å². The fourth-order valence-electron chi connectivity index (χ4n) is 6.57. The van der Waals surface area contributed by atoms with Crippen LogP contribution in [-0.4, -0.2) is 87.1 Å². The van der Waals surface area contributed by atoms with E-state index in [1.807, 2.05) is 34.0 Å². The molecular formula is C30H49N7O6S. The summed E-state index contributed by atoms with van der Waals surface area (Å²) in [6.07, 6.45) is 7.24. The maximum absolute atomic E-state index is 14.1. The molecule has 4 rings (SSSR count). The van der Waals surface area contributed by atoms with Crippen molar-refractivity contribution in [1.82, 2.24) is 14.9 Å². The minimum Gasteiger partial charge on any atom is -0.444 e. The summed E-state index contributed by atoms with van der Waals surface area (Å²) in [4.78, 5) is 38.0. The zero-order valence-electron chi connectivity index (χ0n) is 26.9. The third-order valence-corrected chi connectivity index (χ3v) is 9.47. The number of nitrogens with two attached hydrogens (primary N) is 2. The topological polar surface area (TPSA) is 179 Å². The van der Waals surface area contributed by atoms with E-state index in [0.717, 1.165) is 32.1 Å². The van der Waals surface area contributed by atoms with Crippen molar-refractivity contribution in [2.45, 2.75) is 114 Å². The van der Waals surface area contributed by atoms with Crippen molar-refractivity contribution < 1.29 is 29.0 Å². The van der Waals surface area contributed by atoms with Crippen molar-refractivity contribution in [3.8, 4) is 0 Å². The summed E-state index contributed by atoms with van der Waals surface area (Å²) in [6.45, 7) is 10.9. The SMILES string of the molecule is CCCCC1(C2CCCC(/C(=N/O)c3nc(SC)c(N)c(N(N)C(C)C4CCCN4C(=O)OC(C)(C)C)n3)C2=O)OCCO1. The highest BCUT2D eigenvalue weighted by molar-refractivity contribution is 7.98. The molecule has 2 aliphatic heterocycles. The average Bonchev–Trinajstić information content (AvgIpc) is 3.67. The predicted molar refractivity (Wildman–Crippen MR) is 169 cm³/mol. The van der Waals surface area contributed by atoms with Crippen molar-refractivity contribution in [2.24, 2.45) is 22.8 Å². The number of ketones is 1. The Morgan fingerprint density at radius 3 is 2.57 bits per heavy atom. The number of oxime groups is 1. The number of anilines is 2. The highest BCUT2D eigenvalue weighted by Gasteiger charge is 2.51. The number of hydrazine groups is 1. The second-order valence-electron chi connectivity index (χ2n) is 12.9. The number of hydrogen-bond acceptors (Lipinski definition) is 13. The molecule has 1 amide bonds. The zero-order chi connectivity index (χ0) is 32.2.